The third kappa shape index (κ3) is 3.03. The number of halogens is 2. The average Bonchev–Trinajstić information content (AvgIpc) is 2.85. The fraction of sp³-hybridized carbons (Fsp3) is 0.200. The van der Waals surface area contributed by atoms with Gasteiger partial charge in [-0.15, -0.1) is 0 Å². The summed E-state index contributed by atoms with van der Waals surface area (Å²) in [6, 6.07) is 10.3. The lowest BCUT2D eigenvalue weighted by Crippen LogP contribution is -2.12. The molecule has 104 valence electrons. The first-order chi connectivity index (χ1) is 9.70. The Morgan fingerprint density at radius 3 is 2.65 bits per heavy atom. The van der Waals surface area contributed by atoms with Gasteiger partial charge in [-0.2, -0.15) is 0 Å². The fourth-order valence-electron chi connectivity index (χ4n) is 2.12. The van der Waals surface area contributed by atoms with Crippen LogP contribution in [0.1, 0.15) is 11.1 Å². The van der Waals surface area contributed by atoms with E-state index in [4.69, 9.17) is 21.1 Å². The summed E-state index contributed by atoms with van der Waals surface area (Å²) >= 11 is 5.81. The summed E-state index contributed by atoms with van der Waals surface area (Å²) in [4.78, 5) is 0. The van der Waals surface area contributed by atoms with Crippen LogP contribution in [0.2, 0.25) is 5.02 Å². The third-order valence-corrected chi connectivity index (χ3v) is 3.24. The summed E-state index contributed by atoms with van der Waals surface area (Å²) in [5, 5.41) is 3.65. The normalized spacial score (nSPS) is 12.7. The monoisotopic (exact) mass is 293 g/mol. The van der Waals surface area contributed by atoms with E-state index in [1.54, 1.807) is 6.07 Å². The molecule has 1 aliphatic heterocycles. The summed E-state index contributed by atoms with van der Waals surface area (Å²) in [5.41, 5.74) is 1.90. The van der Waals surface area contributed by atoms with Crippen LogP contribution in [0.3, 0.4) is 0 Å². The molecule has 2 aromatic carbocycles. The Hall–Kier alpha value is -1.78. The molecule has 1 aliphatic rings. The second kappa shape index (κ2) is 5.69. The van der Waals surface area contributed by atoms with Crippen molar-refractivity contribution in [1.29, 1.82) is 0 Å². The van der Waals surface area contributed by atoms with Gasteiger partial charge in [0.05, 0.1) is 0 Å². The predicted molar refractivity (Wildman–Crippen MR) is 74.5 cm³/mol. The molecule has 1 N–H and O–H groups in total. The molecule has 0 bridgehead atoms. The minimum absolute atomic E-state index is 0.272. The predicted octanol–water partition coefficient (Wildman–Crippen LogP) is 3.50. The number of hydrogen-bond acceptors (Lipinski definition) is 3. The van der Waals surface area contributed by atoms with Crippen LogP contribution in [0.5, 0.6) is 11.5 Å². The van der Waals surface area contributed by atoms with Crippen molar-refractivity contribution in [3.05, 3.63) is 58.4 Å². The van der Waals surface area contributed by atoms with Crippen molar-refractivity contribution in [2.24, 2.45) is 0 Å². The van der Waals surface area contributed by atoms with Crippen molar-refractivity contribution in [1.82, 2.24) is 5.32 Å². The highest BCUT2D eigenvalue weighted by atomic mass is 35.5. The molecule has 0 atom stereocenters. The maximum absolute atomic E-state index is 13.2. The molecular weight excluding hydrogens is 281 g/mol. The summed E-state index contributed by atoms with van der Waals surface area (Å²) in [6.45, 7) is 1.48. The van der Waals surface area contributed by atoms with E-state index in [1.165, 1.54) is 12.1 Å². The molecule has 3 nitrogen and oxygen atoms in total. The van der Waals surface area contributed by atoms with Crippen molar-refractivity contribution in [3.63, 3.8) is 0 Å². The molecule has 0 aliphatic carbocycles. The van der Waals surface area contributed by atoms with E-state index in [9.17, 15) is 4.39 Å². The van der Waals surface area contributed by atoms with Gasteiger partial charge in [-0.05, 0) is 41.5 Å². The van der Waals surface area contributed by atoms with Gasteiger partial charge in [0.2, 0.25) is 6.79 Å². The number of hydrogen-bond donors (Lipinski definition) is 1. The van der Waals surface area contributed by atoms with E-state index >= 15 is 0 Å². The molecule has 3 rings (SSSR count). The van der Waals surface area contributed by atoms with E-state index in [-0.39, 0.29) is 12.6 Å². The first-order valence-corrected chi connectivity index (χ1v) is 6.63. The lowest BCUT2D eigenvalue weighted by molar-refractivity contribution is 0.174. The third-order valence-electron chi connectivity index (χ3n) is 3.02. The van der Waals surface area contributed by atoms with Gasteiger partial charge >= 0.3 is 0 Å². The maximum Gasteiger partial charge on any atom is 0.231 e. The summed E-state index contributed by atoms with van der Waals surface area (Å²) in [5.74, 6) is 1.21. The second-order valence-corrected chi connectivity index (χ2v) is 5.01. The zero-order valence-corrected chi connectivity index (χ0v) is 11.4. The van der Waals surface area contributed by atoms with Gasteiger partial charge in [-0.3, -0.25) is 0 Å². The first kappa shape index (κ1) is 13.2. The molecule has 0 spiro atoms. The number of ether oxygens (including phenoxy) is 2. The molecule has 0 radical (unpaired) electrons. The van der Waals surface area contributed by atoms with E-state index in [1.807, 2.05) is 18.2 Å². The van der Waals surface area contributed by atoms with Crippen molar-refractivity contribution in [2.75, 3.05) is 6.79 Å². The lowest BCUT2D eigenvalue weighted by atomic mass is 10.2. The zero-order chi connectivity index (χ0) is 13.9. The highest BCUT2D eigenvalue weighted by molar-refractivity contribution is 6.30. The largest absolute Gasteiger partial charge is 0.454 e. The Kier molecular flexibility index (Phi) is 3.76. The van der Waals surface area contributed by atoms with Gasteiger partial charge < -0.3 is 14.8 Å². The standard InChI is InChI=1S/C15H13ClFNO2/c16-12-3-11(4-13(17)6-12)8-18-7-10-1-2-14-15(5-10)20-9-19-14/h1-6,18H,7-9H2. The van der Waals surface area contributed by atoms with Crippen LogP contribution in [0.15, 0.2) is 36.4 Å². The molecule has 20 heavy (non-hydrogen) atoms. The van der Waals surface area contributed by atoms with Crippen LogP contribution in [0.4, 0.5) is 4.39 Å². The van der Waals surface area contributed by atoms with E-state index in [0.717, 1.165) is 22.6 Å². The molecular formula is C15H13ClFNO2. The average molecular weight is 294 g/mol. The number of fused-ring (bicyclic) bond motifs is 1. The molecule has 0 saturated carbocycles. The minimum Gasteiger partial charge on any atom is -0.454 e. The highest BCUT2D eigenvalue weighted by Gasteiger charge is 2.12. The quantitative estimate of drug-likeness (QED) is 0.936. The van der Waals surface area contributed by atoms with Crippen LogP contribution < -0.4 is 14.8 Å². The Bertz CT molecular complexity index is 613. The van der Waals surface area contributed by atoms with Crippen molar-refractivity contribution < 1.29 is 13.9 Å². The molecule has 1 heterocycles. The van der Waals surface area contributed by atoms with Gasteiger partial charge in [0.1, 0.15) is 5.82 Å². The van der Waals surface area contributed by atoms with Crippen molar-refractivity contribution in [2.45, 2.75) is 13.1 Å². The van der Waals surface area contributed by atoms with Gasteiger partial charge in [0.15, 0.2) is 11.5 Å². The van der Waals surface area contributed by atoms with Crippen LogP contribution in [-0.4, -0.2) is 6.79 Å². The van der Waals surface area contributed by atoms with Gasteiger partial charge in [-0.25, -0.2) is 4.39 Å². The topological polar surface area (TPSA) is 30.5 Å². The van der Waals surface area contributed by atoms with Crippen LogP contribution in [0, 0.1) is 5.82 Å². The first-order valence-electron chi connectivity index (χ1n) is 6.25. The van der Waals surface area contributed by atoms with Crippen LogP contribution >= 0.6 is 11.6 Å². The summed E-state index contributed by atoms with van der Waals surface area (Å²) < 4.78 is 23.8. The Morgan fingerprint density at radius 2 is 1.80 bits per heavy atom. The molecule has 5 heteroatoms. The van der Waals surface area contributed by atoms with Gasteiger partial charge in [-0.1, -0.05) is 17.7 Å². The summed E-state index contributed by atoms with van der Waals surface area (Å²) in [6.07, 6.45) is 0. The van der Waals surface area contributed by atoms with Crippen LogP contribution in [-0.2, 0) is 13.1 Å². The Balaban J connectivity index is 1.59. The van der Waals surface area contributed by atoms with E-state index in [2.05, 4.69) is 5.32 Å². The SMILES string of the molecule is Fc1cc(Cl)cc(CNCc2ccc3c(c2)OCO3)c1. The van der Waals surface area contributed by atoms with Crippen molar-refractivity contribution in [3.8, 4) is 11.5 Å². The molecule has 0 amide bonds. The van der Waals surface area contributed by atoms with Crippen LogP contribution in [0.25, 0.3) is 0 Å². The molecule has 0 saturated heterocycles. The number of benzene rings is 2. The number of nitrogens with one attached hydrogen (secondary N) is 1. The van der Waals surface area contributed by atoms with E-state index < -0.39 is 0 Å². The van der Waals surface area contributed by atoms with E-state index in [0.29, 0.717) is 18.1 Å². The summed E-state index contributed by atoms with van der Waals surface area (Å²) in [7, 11) is 0. The van der Waals surface area contributed by atoms with Gasteiger partial charge in [0, 0.05) is 18.1 Å². The second-order valence-electron chi connectivity index (χ2n) is 4.57. The highest BCUT2D eigenvalue weighted by Crippen LogP contribution is 2.32. The smallest absolute Gasteiger partial charge is 0.231 e. The molecule has 2 aromatic rings. The Labute approximate surface area is 121 Å². The maximum atomic E-state index is 13.2. The minimum atomic E-state index is -0.322. The fourth-order valence-corrected chi connectivity index (χ4v) is 2.36. The molecule has 0 aromatic heterocycles. The van der Waals surface area contributed by atoms with Crippen molar-refractivity contribution >= 4 is 11.6 Å². The molecule has 0 fully saturated rings. The van der Waals surface area contributed by atoms with Gasteiger partial charge in [0.25, 0.3) is 0 Å². The number of rotatable bonds is 4. The molecule has 0 unspecified atom stereocenters. The Morgan fingerprint density at radius 1 is 1.00 bits per heavy atom. The lowest BCUT2D eigenvalue weighted by Gasteiger charge is -2.07. The zero-order valence-electron chi connectivity index (χ0n) is 10.7.